The molecule has 0 radical (unpaired) electrons. The zero-order valence-electron chi connectivity index (χ0n) is 19.7. The van der Waals surface area contributed by atoms with Gasteiger partial charge in [0, 0.05) is 45.0 Å². The van der Waals surface area contributed by atoms with Crippen LogP contribution in [0, 0.1) is 13.8 Å². The fourth-order valence-electron chi connectivity index (χ4n) is 5.29. The highest BCUT2D eigenvalue weighted by atomic mass is 16.5. The Morgan fingerprint density at radius 3 is 2.26 bits per heavy atom. The fourth-order valence-corrected chi connectivity index (χ4v) is 5.29. The third-order valence-corrected chi connectivity index (χ3v) is 7.27. The van der Waals surface area contributed by atoms with E-state index in [0.717, 1.165) is 16.9 Å². The van der Waals surface area contributed by atoms with Gasteiger partial charge < -0.3 is 19.9 Å². The van der Waals surface area contributed by atoms with E-state index in [-0.39, 0.29) is 5.91 Å². The molecule has 4 amide bonds. The maximum atomic E-state index is 13.2. The van der Waals surface area contributed by atoms with Crippen LogP contribution in [0.15, 0.2) is 36.5 Å². The van der Waals surface area contributed by atoms with Gasteiger partial charge >= 0.3 is 6.03 Å². The molecule has 1 atom stereocenters. The number of nitrogens with one attached hydrogen (secondary N) is 2. The van der Waals surface area contributed by atoms with E-state index >= 15 is 0 Å². The van der Waals surface area contributed by atoms with Crippen LogP contribution >= 0.6 is 0 Å². The largest absolute Gasteiger partial charge is 0.375 e. The molecule has 0 bridgehead atoms. The number of amides is 4. The molecular weight excluding hydrogens is 434 g/mol. The Labute approximate surface area is 198 Å². The van der Waals surface area contributed by atoms with Crippen LogP contribution in [0.3, 0.4) is 0 Å². The Bertz CT molecular complexity index is 1150. The van der Waals surface area contributed by atoms with Gasteiger partial charge in [-0.2, -0.15) is 0 Å². The molecule has 9 heteroatoms. The van der Waals surface area contributed by atoms with E-state index in [9.17, 15) is 14.4 Å². The maximum absolute atomic E-state index is 13.2. The number of carbonyl (C=O) groups excluding carboxylic acids is 3. The minimum Gasteiger partial charge on any atom is -0.375 e. The van der Waals surface area contributed by atoms with Gasteiger partial charge in [0.2, 0.25) is 0 Å². The van der Waals surface area contributed by atoms with E-state index in [2.05, 4.69) is 33.5 Å². The van der Waals surface area contributed by atoms with Crippen LogP contribution in [0.25, 0.3) is 0 Å². The third-order valence-electron chi connectivity index (χ3n) is 7.27. The Morgan fingerprint density at radius 1 is 1.06 bits per heavy atom. The number of carbonyl (C=O) groups is 3. The van der Waals surface area contributed by atoms with Crippen molar-refractivity contribution < 1.29 is 19.1 Å². The second-order valence-corrected chi connectivity index (χ2v) is 9.37. The van der Waals surface area contributed by atoms with Crippen LogP contribution in [-0.4, -0.2) is 66.6 Å². The van der Waals surface area contributed by atoms with Crippen molar-refractivity contribution >= 4 is 23.7 Å². The molecule has 3 aliphatic rings. The number of hydrogen-bond donors (Lipinski definition) is 2. The van der Waals surface area contributed by atoms with Gasteiger partial charge in [0.15, 0.2) is 5.54 Å². The summed E-state index contributed by atoms with van der Waals surface area (Å²) >= 11 is 0. The number of pyridine rings is 1. The quantitative estimate of drug-likeness (QED) is 0.657. The zero-order valence-corrected chi connectivity index (χ0v) is 19.7. The lowest BCUT2D eigenvalue weighted by Gasteiger charge is -2.36. The van der Waals surface area contributed by atoms with Crippen molar-refractivity contribution in [1.82, 2.24) is 20.5 Å². The number of rotatable bonds is 5. The third kappa shape index (κ3) is 3.42. The van der Waals surface area contributed by atoms with Crippen LogP contribution in [0.2, 0.25) is 0 Å². The zero-order chi connectivity index (χ0) is 24.1. The molecule has 3 fully saturated rings. The van der Waals surface area contributed by atoms with Gasteiger partial charge in [-0.25, -0.2) is 9.78 Å². The molecule has 1 aliphatic carbocycles. The molecule has 1 unspecified atom stereocenters. The average Bonchev–Trinajstić information content (AvgIpc) is 3.58. The van der Waals surface area contributed by atoms with Crippen LogP contribution < -0.4 is 15.5 Å². The molecule has 3 heterocycles. The molecule has 34 heavy (non-hydrogen) atoms. The number of nitrogens with zero attached hydrogens (tertiary/aromatic N) is 3. The lowest BCUT2D eigenvalue weighted by atomic mass is 9.81. The minimum absolute atomic E-state index is 0.0541. The van der Waals surface area contributed by atoms with E-state index in [0.29, 0.717) is 50.1 Å². The highest BCUT2D eigenvalue weighted by Gasteiger charge is 2.68. The molecule has 2 aliphatic heterocycles. The highest BCUT2D eigenvalue weighted by molar-refractivity contribution is 6.08. The molecule has 2 saturated heterocycles. The molecule has 9 nitrogen and oxygen atoms in total. The number of piperazine rings is 1. The predicted molar refractivity (Wildman–Crippen MR) is 126 cm³/mol. The summed E-state index contributed by atoms with van der Waals surface area (Å²) in [5, 5.41) is 5.14. The summed E-state index contributed by atoms with van der Waals surface area (Å²) in [6, 6.07) is 8.52. The van der Waals surface area contributed by atoms with Crippen molar-refractivity contribution in [2.24, 2.45) is 0 Å². The lowest BCUT2D eigenvalue weighted by molar-refractivity contribution is -0.131. The van der Waals surface area contributed by atoms with Crippen LogP contribution in [0.1, 0.15) is 39.9 Å². The standard InChI is InChI=1S/C25H29N5O4/c1-16-14-17(2)20(26-15-16)29-10-12-30(13-11-29)21(31)18-4-6-19(7-5-18)25(24(34-3)8-9-24)22(32)27-23(33)28-25/h4-7,14-15H,8-13H2,1-3H3,(H2,27,28,32,33). The van der Waals surface area contributed by atoms with Crippen molar-refractivity contribution in [2.75, 3.05) is 38.2 Å². The molecule has 5 rings (SSSR count). The smallest absolute Gasteiger partial charge is 0.322 e. The molecule has 178 valence electrons. The Kier molecular flexibility index (Phi) is 5.31. The summed E-state index contributed by atoms with van der Waals surface area (Å²) in [5.41, 5.74) is 1.37. The topological polar surface area (TPSA) is 104 Å². The van der Waals surface area contributed by atoms with Crippen LogP contribution in [0.4, 0.5) is 10.6 Å². The van der Waals surface area contributed by atoms with Crippen molar-refractivity contribution in [1.29, 1.82) is 0 Å². The van der Waals surface area contributed by atoms with E-state index in [1.165, 1.54) is 0 Å². The first-order chi connectivity index (χ1) is 16.3. The van der Waals surface area contributed by atoms with Crippen molar-refractivity contribution in [3.63, 3.8) is 0 Å². The first kappa shape index (κ1) is 22.3. The number of hydrogen-bond acceptors (Lipinski definition) is 6. The molecule has 1 aromatic carbocycles. The number of benzene rings is 1. The predicted octanol–water partition coefficient (Wildman–Crippen LogP) is 1.87. The monoisotopic (exact) mass is 463 g/mol. The molecule has 0 spiro atoms. The Hall–Kier alpha value is -3.46. The molecule has 2 N–H and O–H groups in total. The van der Waals surface area contributed by atoms with Gasteiger partial charge in [-0.3, -0.25) is 14.9 Å². The number of aromatic nitrogens is 1. The Morgan fingerprint density at radius 2 is 1.74 bits per heavy atom. The van der Waals surface area contributed by atoms with Gasteiger partial charge in [-0.1, -0.05) is 18.2 Å². The molecular formula is C25H29N5O4. The first-order valence-corrected chi connectivity index (χ1v) is 11.6. The molecule has 1 aromatic heterocycles. The Balaban J connectivity index is 1.31. The van der Waals surface area contributed by atoms with Crippen molar-refractivity contribution in [2.45, 2.75) is 37.8 Å². The van der Waals surface area contributed by atoms with Gasteiger partial charge in [-0.05, 0) is 55.5 Å². The number of urea groups is 1. The number of ether oxygens (including phenoxy) is 1. The number of imide groups is 1. The van der Waals surface area contributed by atoms with Gasteiger partial charge in [0.25, 0.3) is 11.8 Å². The van der Waals surface area contributed by atoms with E-state index in [4.69, 9.17) is 4.74 Å². The summed E-state index contributed by atoms with van der Waals surface area (Å²) in [6.07, 6.45) is 3.20. The number of anilines is 1. The molecule has 1 saturated carbocycles. The van der Waals surface area contributed by atoms with E-state index in [1.807, 2.05) is 18.0 Å². The normalized spacial score (nSPS) is 23.5. The minimum atomic E-state index is -1.29. The second-order valence-electron chi connectivity index (χ2n) is 9.37. The fraction of sp³-hybridized carbons (Fsp3) is 0.440. The summed E-state index contributed by atoms with van der Waals surface area (Å²) in [7, 11) is 1.55. The lowest BCUT2D eigenvalue weighted by Crippen LogP contribution is -2.56. The van der Waals surface area contributed by atoms with E-state index in [1.54, 1.807) is 31.4 Å². The van der Waals surface area contributed by atoms with E-state index < -0.39 is 23.1 Å². The summed E-state index contributed by atoms with van der Waals surface area (Å²) < 4.78 is 5.68. The van der Waals surface area contributed by atoms with Crippen LogP contribution in [-0.2, 0) is 15.1 Å². The van der Waals surface area contributed by atoms with Crippen molar-refractivity contribution in [3.8, 4) is 0 Å². The maximum Gasteiger partial charge on any atom is 0.322 e. The van der Waals surface area contributed by atoms with Gasteiger partial charge in [-0.15, -0.1) is 0 Å². The summed E-state index contributed by atoms with van der Waals surface area (Å²) in [5.74, 6) is 0.491. The van der Waals surface area contributed by atoms with Gasteiger partial charge in [0.1, 0.15) is 11.4 Å². The van der Waals surface area contributed by atoms with Crippen molar-refractivity contribution in [3.05, 3.63) is 58.8 Å². The summed E-state index contributed by atoms with van der Waals surface area (Å²) in [4.78, 5) is 46.7. The summed E-state index contributed by atoms with van der Waals surface area (Å²) in [6.45, 7) is 6.72. The second kappa shape index (κ2) is 8.09. The van der Waals surface area contributed by atoms with Gasteiger partial charge in [0.05, 0.1) is 0 Å². The number of methoxy groups -OCH3 is 1. The first-order valence-electron chi connectivity index (χ1n) is 11.6. The average molecular weight is 464 g/mol. The highest BCUT2D eigenvalue weighted by Crippen LogP contribution is 2.54. The van der Waals surface area contributed by atoms with Crippen LogP contribution in [0.5, 0.6) is 0 Å². The number of aryl methyl sites for hydroxylation is 2. The molecule has 2 aromatic rings. The SMILES string of the molecule is COC1(C2(c3ccc(C(=O)N4CCN(c5ncc(C)cc5C)CC4)cc3)NC(=O)NC2=O)CC1.